The molecule has 0 saturated carbocycles. The normalized spacial score (nSPS) is 19.6. The summed E-state index contributed by atoms with van der Waals surface area (Å²) in [5.74, 6) is 0.121. The average Bonchev–Trinajstić information content (AvgIpc) is 3.39. The summed E-state index contributed by atoms with van der Waals surface area (Å²) >= 11 is 6.68. The number of carbonyl (C=O) groups is 2. The Morgan fingerprint density at radius 1 is 1.28 bits per heavy atom. The maximum absolute atomic E-state index is 12.9. The molecule has 32 heavy (non-hydrogen) atoms. The summed E-state index contributed by atoms with van der Waals surface area (Å²) < 4.78 is 17.1. The highest BCUT2D eigenvalue weighted by atomic mass is 32.2. The van der Waals surface area contributed by atoms with Gasteiger partial charge in [0.15, 0.2) is 11.5 Å². The molecule has 2 aromatic rings. The predicted octanol–water partition coefficient (Wildman–Crippen LogP) is 4.60. The van der Waals surface area contributed by atoms with Gasteiger partial charge in [-0.05, 0) is 55.7 Å². The fraction of sp³-hybridized carbons (Fsp3) is 0.292. The van der Waals surface area contributed by atoms with Crippen molar-refractivity contribution in [3.63, 3.8) is 0 Å². The fourth-order valence-electron chi connectivity index (χ4n) is 3.59. The molecule has 2 aliphatic heterocycles. The molecule has 0 bridgehead atoms. The summed E-state index contributed by atoms with van der Waals surface area (Å²) in [5.41, 5.74) is 2.18. The van der Waals surface area contributed by atoms with Crippen molar-refractivity contribution < 1.29 is 23.8 Å². The molecule has 1 amide bonds. The first kappa shape index (κ1) is 22.5. The third-order valence-electron chi connectivity index (χ3n) is 5.23. The van der Waals surface area contributed by atoms with Crippen molar-refractivity contribution in [1.29, 1.82) is 0 Å². The molecule has 6 nitrogen and oxygen atoms in total. The molecule has 2 saturated heterocycles. The molecule has 1 atom stereocenters. The number of hydrogen-bond donors (Lipinski definition) is 0. The topological polar surface area (TPSA) is 65.1 Å². The predicted molar refractivity (Wildman–Crippen MR) is 128 cm³/mol. The number of thiocarbonyl (C=S) groups is 1. The van der Waals surface area contributed by atoms with Crippen molar-refractivity contribution in [2.75, 3.05) is 20.3 Å². The number of thioether (sulfide) groups is 1. The van der Waals surface area contributed by atoms with Crippen molar-refractivity contribution >= 4 is 46.3 Å². The summed E-state index contributed by atoms with van der Waals surface area (Å²) in [7, 11) is 1.50. The first-order chi connectivity index (χ1) is 15.4. The van der Waals surface area contributed by atoms with Gasteiger partial charge in [0.05, 0.1) is 30.2 Å². The maximum Gasteiger partial charge on any atom is 0.343 e. The van der Waals surface area contributed by atoms with Crippen LogP contribution in [0, 0.1) is 6.92 Å². The highest BCUT2D eigenvalue weighted by molar-refractivity contribution is 8.26. The number of hydrogen-bond acceptors (Lipinski definition) is 7. The minimum Gasteiger partial charge on any atom is -0.493 e. The second-order valence-corrected chi connectivity index (χ2v) is 9.27. The smallest absolute Gasteiger partial charge is 0.343 e. The summed E-state index contributed by atoms with van der Waals surface area (Å²) in [4.78, 5) is 27.5. The lowest BCUT2D eigenvalue weighted by molar-refractivity contribution is -0.123. The largest absolute Gasteiger partial charge is 0.493 e. The number of ether oxygens (including phenoxy) is 3. The highest BCUT2D eigenvalue weighted by Crippen LogP contribution is 2.35. The number of carbonyl (C=O) groups excluding carboxylic acids is 2. The van der Waals surface area contributed by atoms with Gasteiger partial charge in [0.2, 0.25) is 0 Å². The molecule has 2 heterocycles. The molecule has 2 aromatic carbocycles. The van der Waals surface area contributed by atoms with Gasteiger partial charge < -0.3 is 14.2 Å². The van der Waals surface area contributed by atoms with Crippen LogP contribution in [0.2, 0.25) is 0 Å². The van der Waals surface area contributed by atoms with Gasteiger partial charge in [-0.2, -0.15) is 0 Å². The third kappa shape index (κ3) is 5.03. The van der Waals surface area contributed by atoms with E-state index in [1.165, 1.54) is 18.9 Å². The second kappa shape index (κ2) is 9.85. The molecule has 166 valence electrons. The second-order valence-electron chi connectivity index (χ2n) is 7.60. The van der Waals surface area contributed by atoms with E-state index in [0.29, 0.717) is 32.8 Å². The molecule has 0 spiro atoms. The SMILES string of the molecule is COc1cc(/C=C2/SC(=S)N(C[C@H]3CCCO3)C2=O)ccc1OC(=O)c1cccc(C)c1. The van der Waals surface area contributed by atoms with Gasteiger partial charge >= 0.3 is 5.97 Å². The number of esters is 1. The molecule has 8 heteroatoms. The van der Waals surface area contributed by atoms with Gasteiger partial charge in [-0.3, -0.25) is 9.69 Å². The Labute approximate surface area is 196 Å². The zero-order valence-electron chi connectivity index (χ0n) is 17.8. The maximum atomic E-state index is 12.9. The lowest BCUT2D eigenvalue weighted by atomic mass is 10.1. The molecule has 2 aliphatic rings. The van der Waals surface area contributed by atoms with E-state index >= 15 is 0 Å². The van der Waals surface area contributed by atoms with Gasteiger partial charge in [0.1, 0.15) is 4.32 Å². The van der Waals surface area contributed by atoms with Crippen LogP contribution in [0.4, 0.5) is 0 Å². The van der Waals surface area contributed by atoms with Gasteiger partial charge in [-0.15, -0.1) is 0 Å². The molecule has 0 aliphatic carbocycles. The van der Waals surface area contributed by atoms with Gasteiger partial charge in [-0.25, -0.2) is 4.79 Å². The quantitative estimate of drug-likeness (QED) is 0.265. The van der Waals surface area contributed by atoms with Crippen LogP contribution in [0.25, 0.3) is 6.08 Å². The molecule has 2 fully saturated rings. The molecule has 0 aromatic heterocycles. The molecular formula is C24H23NO5S2. The van der Waals surface area contributed by atoms with E-state index in [1.807, 2.05) is 13.0 Å². The fourth-order valence-corrected chi connectivity index (χ4v) is 4.86. The Balaban J connectivity index is 1.50. The van der Waals surface area contributed by atoms with Crippen LogP contribution in [0.15, 0.2) is 47.4 Å². The van der Waals surface area contributed by atoms with E-state index in [2.05, 4.69) is 0 Å². The zero-order chi connectivity index (χ0) is 22.7. The third-order valence-corrected chi connectivity index (χ3v) is 6.60. The monoisotopic (exact) mass is 469 g/mol. The van der Waals surface area contributed by atoms with Crippen LogP contribution >= 0.6 is 24.0 Å². The number of amides is 1. The van der Waals surface area contributed by atoms with E-state index in [0.717, 1.165) is 30.6 Å². The summed E-state index contributed by atoms with van der Waals surface area (Å²) in [6.07, 6.45) is 3.76. The van der Waals surface area contributed by atoms with Crippen LogP contribution in [0.1, 0.15) is 34.3 Å². The van der Waals surface area contributed by atoms with Crippen LogP contribution in [-0.4, -0.2) is 47.5 Å². The van der Waals surface area contributed by atoms with E-state index in [-0.39, 0.29) is 12.0 Å². The number of aryl methyl sites for hydroxylation is 1. The average molecular weight is 470 g/mol. The van der Waals surface area contributed by atoms with E-state index in [1.54, 1.807) is 47.4 Å². The molecule has 0 radical (unpaired) electrons. The van der Waals surface area contributed by atoms with E-state index in [9.17, 15) is 9.59 Å². The minimum atomic E-state index is -0.463. The van der Waals surface area contributed by atoms with Gasteiger partial charge in [0, 0.05) is 6.61 Å². The van der Waals surface area contributed by atoms with Crippen molar-refractivity contribution in [1.82, 2.24) is 4.90 Å². The molecule has 0 N–H and O–H groups in total. The highest BCUT2D eigenvalue weighted by Gasteiger charge is 2.34. The summed E-state index contributed by atoms with van der Waals surface area (Å²) in [5, 5.41) is 0. The Morgan fingerprint density at radius 2 is 2.12 bits per heavy atom. The van der Waals surface area contributed by atoms with Crippen LogP contribution in [-0.2, 0) is 9.53 Å². The molecular weight excluding hydrogens is 446 g/mol. The minimum absolute atomic E-state index is 0.0410. The Hall–Kier alpha value is -2.68. The molecule has 0 unspecified atom stereocenters. The Bertz CT molecular complexity index is 1090. The van der Waals surface area contributed by atoms with Gasteiger partial charge in [0.25, 0.3) is 5.91 Å². The standard InChI is InChI=1S/C24H23NO5S2/c1-15-5-3-6-17(11-15)23(27)30-19-9-8-16(12-20(19)28-2)13-21-22(26)25(24(31)32-21)14-18-7-4-10-29-18/h3,5-6,8-9,11-13,18H,4,7,10,14H2,1-2H3/b21-13+/t18-/m1/s1. The van der Waals surface area contributed by atoms with E-state index in [4.69, 9.17) is 26.4 Å². The summed E-state index contributed by atoms with van der Waals surface area (Å²) in [6, 6.07) is 12.3. The van der Waals surface area contributed by atoms with Crippen molar-refractivity contribution in [3.8, 4) is 11.5 Å². The lowest BCUT2D eigenvalue weighted by Crippen LogP contribution is -2.35. The number of benzene rings is 2. The van der Waals surface area contributed by atoms with Crippen LogP contribution in [0.3, 0.4) is 0 Å². The van der Waals surface area contributed by atoms with Crippen molar-refractivity contribution in [2.45, 2.75) is 25.9 Å². The Morgan fingerprint density at radius 3 is 2.84 bits per heavy atom. The summed E-state index contributed by atoms with van der Waals surface area (Å²) in [6.45, 7) is 3.13. The van der Waals surface area contributed by atoms with Crippen LogP contribution < -0.4 is 9.47 Å². The van der Waals surface area contributed by atoms with Crippen molar-refractivity contribution in [2.24, 2.45) is 0 Å². The van der Waals surface area contributed by atoms with Crippen LogP contribution in [0.5, 0.6) is 11.5 Å². The molecule has 4 rings (SSSR count). The van der Waals surface area contributed by atoms with Crippen molar-refractivity contribution in [3.05, 3.63) is 64.1 Å². The van der Waals surface area contributed by atoms with E-state index < -0.39 is 5.97 Å². The van der Waals surface area contributed by atoms with Gasteiger partial charge in [-0.1, -0.05) is 47.7 Å². The number of rotatable bonds is 6. The first-order valence-electron chi connectivity index (χ1n) is 10.3. The number of methoxy groups -OCH3 is 1. The zero-order valence-corrected chi connectivity index (χ0v) is 19.5. The number of nitrogens with zero attached hydrogens (tertiary/aromatic N) is 1. The lowest BCUT2D eigenvalue weighted by Gasteiger charge is -2.18. The first-order valence-corrected chi connectivity index (χ1v) is 11.5. The Kier molecular flexibility index (Phi) is 6.93.